The van der Waals surface area contributed by atoms with Gasteiger partial charge in [0.15, 0.2) is 0 Å². The quantitative estimate of drug-likeness (QED) is 0.826. The molecule has 0 bridgehead atoms. The molecule has 1 fully saturated rings. The Labute approximate surface area is 124 Å². The number of nitrogens with zero attached hydrogens (tertiary/aromatic N) is 1. The molecule has 3 nitrogen and oxygen atoms in total. The van der Waals surface area contributed by atoms with E-state index in [9.17, 15) is 0 Å². The molecule has 0 aliphatic heterocycles. The Kier molecular flexibility index (Phi) is 3.59. The second-order valence-electron chi connectivity index (χ2n) is 4.42. The molecule has 0 amide bonds. The van der Waals surface area contributed by atoms with E-state index in [1.54, 1.807) is 6.26 Å². The maximum atomic E-state index is 6.00. The molecule has 5 heteroatoms. The molecule has 0 unspecified atom stereocenters. The van der Waals surface area contributed by atoms with Crippen molar-refractivity contribution in [3.05, 3.63) is 38.7 Å². The van der Waals surface area contributed by atoms with Gasteiger partial charge in [-0.15, -0.1) is 0 Å². The van der Waals surface area contributed by atoms with Crippen LogP contribution in [-0.2, 0) is 6.54 Å². The molecule has 3 rings (SSSR count). The summed E-state index contributed by atoms with van der Waals surface area (Å²) in [7, 11) is 0. The molecule has 18 heavy (non-hydrogen) atoms. The van der Waals surface area contributed by atoms with Crippen LogP contribution in [0.25, 0.3) is 11.5 Å². The first kappa shape index (κ1) is 12.4. The SMILES string of the molecule is Clc1ccc(I)c(-c2nc(CNC3CC3)co2)c1. The zero-order valence-corrected chi connectivity index (χ0v) is 12.5. The van der Waals surface area contributed by atoms with Crippen LogP contribution in [0.2, 0.25) is 5.02 Å². The van der Waals surface area contributed by atoms with Crippen molar-refractivity contribution >= 4 is 34.2 Å². The van der Waals surface area contributed by atoms with E-state index in [1.807, 2.05) is 18.2 Å². The van der Waals surface area contributed by atoms with Gasteiger partial charge in [-0.05, 0) is 53.6 Å². The highest BCUT2D eigenvalue weighted by Crippen LogP contribution is 2.28. The number of aromatic nitrogens is 1. The molecule has 1 aromatic heterocycles. The molecule has 0 atom stereocenters. The van der Waals surface area contributed by atoms with E-state index < -0.39 is 0 Å². The first-order valence-electron chi connectivity index (χ1n) is 5.85. The van der Waals surface area contributed by atoms with Crippen LogP contribution in [0.4, 0.5) is 0 Å². The first-order valence-corrected chi connectivity index (χ1v) is 7.31. The van der Waals surface area contributed by atoms with Crippen LogP contribution in [0, 0.1) is 3.57 Å². The van der Waals surface area contributed by atoms with Gasteiger partial charge in [0.2, 0.25) is 5.89 Å². The zero-order chi connectivity index (χ0) is 12.5. The third kappa shape index (κ3) is 2.87. The molecule has 0 radical (unpaired) electrons. The molecular weight excluding hydrogens is 363 g/mol. The maximum absolute atomic E-state index is 6.00. The maximum Gasteiger partial charge on any atom is 0.227 e. The largest absolute Gasteiger partial charge is 0.444 e. The fourth-order valence-corrected chi connectivity index (χ4v) is 2.45. The average molecular weight is 375 g/mol. The lowest BCUT2D eigenvalue weighted by atomic mass is 10.2. The van der Waals surface area contributed by atoms with E-state index in [-0.39, 0.29) is 0 Å². The molecule has 94 valence electrons. The van der Waals surface area contributed by atoms with Gasteiger partial charge in [-0.3, -0.25) is 0 Å². The number of benzene rings is 1. The van der Waals surface area contributed by atoms with Crippen molar-refractivity contribution in [2.45, 2.75) is 25.4 Å². The summed E-state index contributed by atoms with van der Waals surface area (Å²) < 4.78 is 6.61. The van der Waals surface area contributed by atoms with Gasteiger partial charge in [-0.2, -0.15) is 0 Å². The number of halogens is 2. The normalized spacial score (nSPS) is 15.0. The molecule has 1 N–H and O–H groups in total. The standard InChI is InChI=1S/C13H12ClIN2O/c14-8-1-4-12(15)11(5-8)13-17-10(7-18-13)6-16-9-2-3-9/h1,4-5,7,9,16H,2-3,6H2. The van der Waals surface area contributed by atoms with Gasteiger partial charge >= 0.3 is 0 Å². The highest BCUT2D eigenvalue weighted by molar-refractivity contribution is 14.1. The summed E-state index contributed by atoms with van der Waals surface area (Å²) in [6, 6.07) is 6.39. The van der Waals surface area contributed by atoms with E-state index in [2.05, 4.69) is 32.9 Å². The number of oxazole rings is 1. The molecule has 1 saturated carbocycles. The summed E-state index contributed by atoms with van der Waals surface area (Å²) in [6.07, 6.45) is 4.26. The number of rotatable bonds is 4. The number of hydrogen-bond donors (Lipinski definition) is 1. The minimum atomic E-state index is 0.634. The van der Waals surface area contributed by atoms with Crippen LogP contribution < -0.4 is 5.32 Å². The van der Waals surface area contributed by atoms with Gasteiger partial charge in [-0.25, -0.2) is 4.98 Å². The second kappa shape index (κ2) is 5.19. The number of nitrogens with one attached hydrogen (secondary N) is 1. The van der Waals surface area contributed by atoms with Gasteiger partial charge in [0.05, 0.1) is 11.3 Å². The van der Waals surface area contributed by atoms with Crippen LogP contribution in [-0.4, -0.2) is 11.0 Å². The predicted octanol–water partition coefficient (Wildman–Crippen LogP) is 3.85. The second-order valence-corrected chi connectivity index (χ2v) is 6.02. The van der Waals surface area contributed by atoms with Crippen molar-refractivity contribution < 1.29 is 4.42 Å². The van der Waals surface area contributed by atoms with Crippen LogP contribution in [0.3, 0.4) is 0 Å². The van der Waals surface area contributed by atoms with Crippen molar-refractivity contribution in [1.82, 2.24) is 10.3 Å². The van der Waals surface area contributed by atoms with Gasteiger partial charge in [0.25, 0.3) is 0 Å². The van der Waals surface area contributed by atoms with Crippen molar-refractivity contribution in [2.24, 2.45) is 0 Å². The molecular formula is C13H12ClIN2O. The van der Waals surface area contributed by atoms with E-state index in [1.165, 1.54) is 12.8 Å². The lowest BCUT2D eigenvalue weighted by Crippen LogP contribution is -2.15. The van der Waals surface area contributed by atoms with E-state index in [0.717, 1.165) is 21.4 Å². The summed E-state index contributed by atoms with van der Waals surface area (Å²) in [4.78, 5) is 4.49. The Morgan fingerprint density at radius 3 is 3.06 bits per heavy atom. The van der Waals surface area contributed by atoms with Gasteiger partial charge in [-0.1, -0.05) is 11.6 Å². The van der Waals surface area contributed by atoms with Crippen LogP contribution in [0.15, 0.2) is 28.9 Å². The molecule has 0 spiro atoms. The predicted molar refractivity (Wildman–Crippen MR) is 79.5 cm³/mol. The molecule has 1 aromatic carbocycles. The monoisotopic (exact) mass is 374 g/mol. The highest BCUT2D eigenvalue weighted by Gasteiger charge is 2.20. The average Bonchev–Trinajstić information content (AvgIpc) is 3.08. The number of hydrogen-bond acceptors (Lipinski definition) is 3. The van der Waals surface area contributed by atoms with Crippen molar-refractivity contribution in [3.8, 4) is 11.5 Å². The minimum absolute atomic E-state index is 0.634. The molecule has 1 heterocycles. The highest BCUT2D eigenvalue weighted by atomic mass is 127. The summed E-state index contributed by atoms with van der Waals surface area (Å²) >= 11 is 8.26. The molecule has 1 aliphatic rings. The van der Waals surface area contributed by atoms with E-state index in [4.69, 9.17) is 16.0 Å². The Morgan fingerprint density at radius 2 is 2.28 bits per heavy atom. The molecule has 0 saturated heterocycles. The topological polar surface area (TPSA) is 38.1 Å². The lowest BCUT2D eigenvalue weighted by molar-refractivity contribution is 0.569. The Morgan fingerprint density at radius 1 is 1.44 bits per heavy atom. The van der Waals surface area contributed by atoms with Crippen LogP contribution in [0.1, 0.15) is 18.5 Å². The third-order valence-corrected chi connectivity index (χ3v) is 4.04. The Bertz CT molecular complexity index is 566. The fourth-order valence-electron chi connectivity index (χ4n) is 1.71. The smallest absolute Gasteiger partial charge is 0.227 e. The first-order chi connectivity index (χ1) is 8.72. The Hall–Kier alpha value is -0.590. The van der Waals surface area contributed by atoms with Crippen LogP contribution >= 0.6 is 34.2 Å². The van der Waals surface area contributed by atoms with Crippen LogP contribution in [0.5, 0.6) is 0 Å². The lowest BCUT2D eigenvalue weighted by Gasteiger charge is -2.00. The van der Waals surface area contributed by atoms with Crippen molar-refractivity contribution in [2.75, 3.05) is 0 Å². The summed E-state index contributed by atoms with van der Waals surface area (Å²) in [5.74, 6) is 0.634. The summed E-state index contributed by atoms with van der Waals surface area (Å²) in [5, 5.41) is 4.11. The summed E-state index contributed by atoms with van der Waals surface area (Å²) in [6.45, 7) is 0.769. The third-order valence-electron chi connectivity index (χ3n) is 2.86. The summed E-state index contributed by atoms with van der Waals surface area (Å²) in [5.41, 5.74) is 1.88. The van der Waals surface area contributed by atoms with Crippen molar-refractivity contribution in [3.63, 3.8) is 0 Å². The van der Waals surface area contributed by atoms with Crippen molar-refractivity contribution in [1.29, 1.82) is 0 Å². The molecule has 2 aromatic rings. The van der Waals surface area contributed by atoms with Gasteiger partial charge < -0.3 is 9.73 Å². The minimum Gasteiger partial charge on any atom is -0.444 e. The molecule has 1 aliphatic carbocycles. The Balaban J connectivity index is 1.80. The fraction of sp³-hybridized carbons (Fsp3) is 0.308. The van der Waals surface area contributed by atoms with Gasteiger partial charge in [0.1, 0.15) is 6.26 Å². The van der Waals surface area contributed by atoms with E-state index >= 15 is 0 Å². The van der Waals surface area contributed by atoms with E-state index in [0.29, 0.717) is 17.0 Å². The zero-order valence-electron chi connectivity index (χ0n) is 9.62. The van der Waals surface area contributed by atoms with Gasteiger partial charge in [0, 0.05) is 21.2 Å².